The van der Waals surface area contributed by atoms with Crippen molar-refractivity contribution >= 4 is 27.7 Å². The second-order valence-electron chi connectivity index (χ2n) is 6.02. The summed E-state index contributed by atoms with van der Waals surface area (Å²) in [5.74, 6) is 0. The molecule has 1 saturated carbocycles. The van der Waals surface area contributed by atoms with Crippen molar-refractivity contribution in [3.05, 3.63) is 30.4 Å². The normalized spacial score (nSPS) is 15.7. The van der Waals surface area contributed by atoms with E-state index < -0.39 is 10.0 Å². The zero-order valence-corrected chi connectivity index (χ0v) is 14.8. The van der Waals surface area contributed by atoms with Crippen molar-refractivity contribution in [1.82, 2.24) is 4.72 Å². The van der Waals surface area contributed by atoms with Crippen molar-refractivity contribution in [3.63, 3.8) is 0 Å². The fourth-order valence-electron chi connectivity index (χ4n) is 2.80. The fourth-order valence-corrected chi connectivity index (χ4v) is 3.55. The number of hydrogen-bond acceptors (Lipinski definition) is 5. The Kier molecular flexibility index (Phi) is 6.39. The van der Waals surface area contributed by atoms with Gasteiger partial charge in [0.05, 0.1) is 16.3 Å². The monoisotopic (exact) mass is 351 g/mol. The Labute approximate surface area is 143 Å². The third-order valence-electron chi connectivity index (χ3n) is 4.21. The SMILES string of the molecule is C=C(C=O)CNc1cc(S(=O)(=O)NC)ccc1NC1CCCCC1. The third kappa shape index (κ3) is 4.82. The first-order valence-electron chi connectivity index (χ1n) is 8.17. The summed E-state index contributed by atoms with van der Waals surface area (Å²) in [6.07, 6.45) is 6.58. The van der Waals surface area contributed by atoms with Crippen LogP contribution in [0.15, 0.2) is 35.2 Å². The summed E-state index contributed by atoms with van der Waals surface area (Å²) in [6, 6.07) is 5.32. The van der Waals surface area contributed by atoms with Crippen LogP contribution < -0.4 is 15.4 Å². The van der Waals surface area contributed by atoms with E-state index in [0.29, 0.717) is 23.6 Å². The first-order valence-corrected chi connectivity index (χ1v) is 9.65. The lowest BCUT2D eigenvalue weighted by molar-refractivity contribution is -0.104. The highest BCUT2D eigenvalue weighted by atomic mass is 32.2. The molecule has 1 aliphatic rings. The van der Waals surface area contributed by atoms with E-state index in [2.05, 4.69) is 21.9 Å². The van der Waals surface area contributed by atoms with Gasteiger partial charge in [-0.05, 0) is 38.1 Å². The molecule has 1 aliphatic carbocycles. The molecule has 2 rings (SSSR count). The lowest BCUT2D eigenvalue weighted by Crippen LogP contribution is -2.23. The number of carbonyl (C=O) groups is 1. The van der Waals surface area contributed by atoms with Crippen LogP contribution in [0.5, 0.6) is 0 Å². The maximum Gasteiger partial charge on any atom is 0.240 e. The predicted octanol–water partition coefficient (Wildman–Crippen LogP) is 2.51. The first kappa shape index (κ1) is 18.5. The van der Waals surface area contributed by atoms with Crippen molar-refractivity contribution in [2.75, 3.05) is 24.2 Å². The Morgan fingerprint density at radius 2 is 1.96 bits per heavy atom. The largest absolute Gasteiger partial charge is 0.381 e. The molecule has 7 heteroatoms. The highest BCUT2D eigenvalue weighted by Gasteiger charge is 2.17. The molecule has 6 nitrogen and oxygen atoms in total. The maximum atomic E-state index is 12.0. The molecule has 24 heavy (non-hydrogen) atoms. The minimum Gasteiger partial charge on any atom is -0.381 e. The zero-order valence-electron chi connectivity index (χ0n) is 14.0. The molecule has 0 saturated heterocycles. The van der Waals surface area contributed by atoms with Gasteiger partial charge in [-0.15, -0.1) is 0 Å². The standard InChI is InChI=1S/C17H25N3O3S/c1-13(12-21)11-19-17-10-15(24(22,23)18-2)8-9-16(17)20-14-6-4-3-5-7-14/h8-10,12,14,18-20H,1,3-7,11H2,2H3. The molecule has 0 aliphatic heterocycles. The molecule has 0 spiro atoms. The van der Waals surface area contributed by atoms with Crippen LogP contribution in [0.25, 0.3) is 0 Å². The number of rotatable bonds is 8. The van der Waals surface area contributed by atoms with Crippen LogP contribution in [0.1, 0.15) is 32.1 Å². The molecule has 0 atom stereocenters. The summed E-state index contributed by atoms with van der Waals surface area (Å²) in [6.45, 7) is 3.91. The van der Waals surface area contributed by atoms with E-state index in [1.54, 1.807) is 18.2 Å². The van der Waals surface area contributed by atoms with Crippen LogP contribution >= 0.6 is 0 Å². The van der Waals surface area contributed by atoms with Gasteiger partial charge < -0.3 is 10.6 Å². The molecule has 0 unspecified atom stereocenters. The van der Waals surface area contributed by atoms with E-state index in [4.69, 9.17) is 0 Å². The maximum absolute atomic E-state index is 12.0. The average molecular weight is 351 g/mol. The highest BCUT2D eigenvalue weighted by Crippen LogP contribution is 2.29. The predicted molar refractivity (Wildman–Crippen MR) is 96.9 cm³/mol. The van der Waals surface area contributed by atoms with Crippen molar-refractivity contribution < 1.29 is 13.2 Å². The molecule has 0 amide bonds. The summed E-state index contributed by atoms with van der Waals surface area (Å²) < 4.78 is 26.3. The van der Waals surface area contributed by atoms with Gasteiger partial charge in [0, 0.05) is 18.2 Å². The zero-order chi connectivity index (χ0) is 17.6. The molecule has 3 N–H and O–H groups in total. The summed E-state index contributed by atoms with van der Waals surface area (Å²) in [5.41, 5.74) is 1.90. The molecule has 0 bridgehead atoms. The highest BCUT2D eigenvalue weighted by molar-refractivity contribution is 7.89. The molecule has 132 valence electrons. The van der Waals surface area contributed by atoms with Crippen molar-refractivity contribution in [2.45, 2.75) is 43.0 Å². The number of aldehydes is 1. The smallest absolute Gasteiger partial charge is 0.240 e. The minimum absolute atomic E-state index is 0.179. The number of nitrogens with one attached hydrogen (secondary N) is 3. The third-order valence-corrected chi connectivity index (χ3v) is 5.62. The van der Waals surface area contributed by atoms with E-state index in [0.717, 1.165) is 18.5 Å². The second kappa shape index (κ2) is 8.30. The number of carbonyl (C=O) groups excluding carboxylic acids is 1. The van der Waals surface area contributed by atoms with Gasteiger partial charge in [-0.2, -0.15) is 0 Å². The van der Waals surface area contributed by atoms with Gasteiger partial charge in [0.1, 0.15) is 6.29 Å². The summed E-state index contributed by atoms with van der Waals surface area (Å²) in [7, 11) is -2.14. The Balaban J connectivity index is 2.26. The van der Waals surface area contributed by atoms with Crippen molar-refractivity contribution in [1.29, 1.82) is 0 Å². The van der Waals surface area contributed by atoms with Crippen molar-refractivity contribution in [3.8, 4) is 0 Å². The van der Waals surface area contributed by atoms with Crippen LogP contribution in [0, 0.1) is 0 Å². The summed E-state index contributed by atoms with van der Waals surface area (Å²) in [5, 5.41) is 6.60. The Bertz CT molecular complexity index is 695. The lowest BCUT2D eigenvalue weighted by atomic mass is 9.95. The van der Waals surface area contributed by atoms with Crippen LogP contribution in [0.3, 0.4) is 0 Å². The van der Waals surface area contributed by atoms with Crippen LogP contribution in [-0.4, -0.2) is 34.3 Å². The van der Waals surface area contributed by atoms with Crippen LogP contribution in [-0.2, 0) is 14.8 Å². The van der Waals surface area contributed by atoms with E-state index in [9.17, 15) is 13.2 Å². The van der Waals surface area contributed by atoms with Crippen LogP contribution in [0.4, 0.5) is 11.4 Å². The topological polar surface area (TPSA) is 87.3 Å². The number of sulfonamides is 1. The molecular formula is C17H25N3O3S. The number of hydrogen-bond donors (Lipinski definition) is 3. The van der Waals surface area contributed by atoms with Crippen molar-refractivity contribution in [2.24, 2.45) is 0 Å². The van der Waals surface area contributed by atoms with E-state index in [1.807, 2.05) is 0 Å². The Morgan fingerprint density at radius 3 is 2.58 bits per heavy atom. The van der Waals surface area contributed by atoms with E-state index >= 15 is 0 Å². The molecule has 0 heterocycles. The second-order valence-corrected chi connectivity index (χ2v) is 7.91. The Morgan fingerprint density at radius 1 is 1.25 bits per heavy atom. The molecule has 0 radical (unpaired) electrons. The molecular weight excluding hydrogens is 326 g/mol. The summed E-state index contributed by atoms with van der Waals surface area (Å²) in [4.78, 5) is 10.9. The van der Waals surface area contributed by atoms with Gasteiger partial charge in [0.15, 0.2) is 0 Å². The van der Waals surface area contributed by atoms with E-state index in [1.165, 1.54) is 26.3 Å². The first-order chi connectivity index (χ1) is 11.5. The molecule has 1 aromatic rings. The Hall–Kier alpha value is -1.86. The van der Waals surface area contributed by atoms with Gasteiger partial charge in [-0.25, -0.2) is 13.1 Å². The number of benzene rings is 1. The van der Waals surface area contributed by atoms with Gasteiger partial charge in [-0.3, -0.25) is 4.79 Å². The summed E-state index contributed by atoms with van der Waals surface area (Å²) >= 11 is 0. The van der Waals surface area contributed by atoms with Gasteiger partial charge in [-0.1, -0.05) is 25.8 Å². The fraction of sp³-hybridized carbons (Fsp3) is 0.471. The molecule has 1 aromatic carbocycles. The lowest BCUT2D eigenvalue weighted by Gasteiger charge is -2.25. The minimum atomic E-state index is -3.52. The average Bonchev–Trinajstić information content (AvgIpc) is 2.61. The number of anilines is 2. The van der Waals surface area contributed by atoms with Crippen LogP contribution in [0.2, 0.25) is 0 Å². The molecule has 0 aromatic heterocycles. The van der Waals surface area contributed by atoms with Gasteiger partial charge >= 0.3 is 0 Å². The quantitative estimate of drug-likeness (QED) is 0.495. The van der Waals surface area contributed by atoms with Gasteiger partial charge in [0.25, 0.3) is 0 Å². The van der Waals surface area contributed by atoms with Gasteiger partial charge in [0.2, 0.25) is 10.0 Å². The van der Waals surface area contributed by atoms with E-state index in [-0.39, 0.29) is 11.4 Å². The molecule has 1 fully saturated rings.